The maximum Gasteiger partial charge on any atom is 0.251 e. The minimum absolute atomic E-state index is 0.0972. The number of nitrogens with one attached hydrogen (secondary N) is 3. The fourth-order valence-corrected chi connectivity index (χ4v) is 3.30. The molecule has 4 rings (SSSR count). The Morgan fingerprint density at radius 2 is 1.93 bits per heavy atom. The minimum atomic E-state index is -0.230. The number of fused-ring (bicyclic) bond motifs is 1. The van der Waals surface area contributed by atoms with E-state index >= 15 is 0 Å². The molecule has 0 bridgehead atoms. The van der Waals surface area contributed by atoms with Gasteiger partial charge in [-0.05, 0) is 42.5 Å². The van der Waals surface area contributed by atoms with Crippen LogP contribution < -0.4 is 10.6 Å². The molecule has 1 heterocycles. The standard InChI is InChI=1S/C22H19ClN4O2/c23-18-6-1-2-7-19(18)25-16-8-9-17-20(13-16)26-27-21(17)14-4-3-5-15(12-14)22(29)24-10-11-28/h1-9,12-13,25,28H,10-11H2,(H,24,29)(H,26,27). The van der Waals surface area contributed by atoms with Gasteiger partial charge in [0.05, 0.1) is 28.5 Å². The van der Waals surface area contributed by atoms with E-state index in [0.29, 0.717) is 10.6 Å². The van der Waals surface area contributed by atoms with E-state index in [-0.39, 0.29) is 19.1 Å². The summed E-state index contributed by atoms with van der Waals surface area (Å²) in [5.74, 6) is -0.230. The summed E-state index contributed by atoms with van der Waals surface area (Å²) in [5.41, 5.74) is 4.70. The van der Waals surface area contributed by atoms with Crippen LogP contribution in [0.4, 0.5) is 11.4 Å². The van der Waals surface area contributed by atoms with E-state index < -0.39 is 0 Å². The average Bonchev–Trinajstić information content (AvgIpc) is 3.17. The normalized spacial score (nSPS) is 10.8. The van der Waals surface area contributed by atoms with Crippen molar-refractivity contribution in [3.8, 4) is 11.3 Å². The molecule has 7 heteroatoms. The third-order valence-electron chi connectivity index (χ3n) is 4.51. The zero-order chi connectivity index (χ0) is 20.2. The van der Waals surface area contributed by atoms with E-state index in [0.717, 1.165) is 33.5 Å². The summed E-state index contributed by atoms with van der Waals surface area (Å²) >= 11 is 6.22. The average molecular weight is 407 g/mol. The van der Waals surface area contributed by atoms with Gasteiger partial charge in [-0.15, -0.1) is 0 Å². The van der Waals surface area contributed by atoms with Crippen molar-refractivity contribution in [1.29, 1.82) is 0 Å². The number of aliphatic hydroxyl groups excluding tert-OH is 1. The molecule has 0 fully saturated rings. The first kappa shape index (κ1) is 19.0. The first-order chi connectivity index (χ1) is 14.2. The number of H-pyrrole nitrogens is 1. The smallest absolute Gasteiger partial charge is 0.251 e. The summed E-state index contributed by atoms with van der Waals surface area (Å²) in [4.78, 5) is 12.2. The van der Waals surface area contributed by atoms with Gasteiger partial charge in [-0.2, -0.15) is 5.10 Å². The second-order valence-corrected chi connectivity index (χ2v) is 6.90. The highest BCUT2D eigenvalue weighted by molar-refractivity contribution is 6.33. The van der Waals surface area contributed by atoms with Crippen LogP contribution in [0.2, 0.25) is 5.02 Å². The van der Waals surface area contributed by atoms with Gasteiger partial charge in [-0.25, -0.2) is 0 Å². The number of para-hydroxylation sites is 1. The van der Waals surface area contributed by atoms with Crippen LogP contribution in [0.25, 0.3) is 22.2 Å². The van der Waals surface area contributed by atoms with Crippen molar-refractivity contribution in [2.24, 2.45) is 0 Å². The highest BCUT2D eigenvalue weighted by Crippen LogP contribution is 2.31. The predicted molar refractivity (Wildman–Crippen MR) is 116 cm³/mol. The molecular formula is C22H19ClN4O2. The number of carbonyl (C=O) groups excluding carboxylic acids is 1. The van der Waals surface area contributed by atoms with Gasteiger partial charge >= 0.3 is 0 Å². The molecule has 0 saturated carbocycles. The van der Waals surface area contributed by atoms with Crippen molar-refractivity contribution in [3.63, 3.8) is 0 Å². The number of aromatic amines is 1. The number of nitrogens with zero attached hydrogens (tertiary/aromatic N) is 1. The number of carbonyl (C=O) groups is 1. The summed E-state index contributed by atoms with van der Waals surface area (Å²) in [6.07, 6.45) is 0. The number of aromatic nitrogens is 2. The molecule has 0 atom stereocenters. The maximum atomic E-state index is 12.2. The lowest BCUT2D eigenvalue weighted by atomic mass is 10.0. The molecule has 1 amide bonds. The topological polar surface area (TPSA) is 90.0 Å². The summed E-state index contributed by atoms with van der Waals surface area (Å²) < 4.78 is 0. The van der Waals surface area contributed by atoms with Crippen LogP contribution >= 0.6 is 11.6 Å². The fourth-order valence-electron chi connectivity index (χ4n) is 3.11. The zero-order valence-electron chi connectivity index (χ0n) is 15.4. The van der Waals surface area contributed by atoms with Gasteiger partial charge in [0, 0.05) is 28.7 Å². The Bertz CT molecular complexity index is 1170. The summed E-state index contributed by atoms with van der Waals surface area (Å²) in [6.45, 7) is 0.121. The second kappa shape index (κ2) is 8.34. The number of anilines is 2. The molecule has 3 aromatic carbocycles. The number of hydrogen-bond acceptors (Lipinski definition) is 4. The molecule has 0 saturated heterocycles. The Morgan fingerprint density at radius 3 is 2.76 bits per heavy atom. The third-order valence-corrected chi connectivity index (χ3v) is 4.84. The summed E-state index contributed by atoms with van der Waals surface area (Å²) in [7, 11) is 0. The van der Waals surface area contributed by atoms with Crippen LogP contribution in [-0.2, 0) is 0 Å². The van der Waals surface area contributed by atoms with Crippen molar-refractivity contribution < 1.29 is 9.90 Å². The molecule has 146 valence electrons. The Morgan fingerprint density at radius 1 is 1.07 bits per heavy atom. The van der Waals surface area contributed by atoms with Crippen molar-refractivity contribution in [3.05, 3.63) is 77.3 Å². The van der Waals surface area contributed by atoms with E-state index in [1.807, 2.05) is 54.6 Å². The maximum absolute atomic E-state index is 12.2. The Labute approximate surface area is 172 Å². The van der Waals surface area contributed by atoms with Crippen LogP contribution in [0.3, 0.4) is 0 Å². The monoisotopic (exact) mass is 406 g/mol. The highest BCUT2D eigenvalue weighted by atomic mass is 35.5. The van der Waals surface area contributed by atoms with E-state index in [1.165, 1.54) is 0 Å². The van der Waals surface area contributed by atoms with Crippen molar-refractivity contribution in [1.82, 2.24) is 15.5 Å². The Balaban J connectivity index is 1.63. The lowest BCUT2D eigenvalue weighted by Gasteiger charge is -2.08. The number of amides is 1. The molecule has 0 aliphatic rings. The van der Waals surface area contributed by atoms with Crippen molar-refractivity contribution in [2.45, 2.75) is 0 Å². The van der Waals surface area contributed by atoms with Crippen LogP contribution in [-0.4, -0.2) is 34.4 Å². The Hall–Kier alpha value is -3.35. The van der Waals surface area contributed by atoms with Crippen LogP contribution in [0, 0.1) is 0 Å². The van der Waals surface area contributed by atoms with E-state index in [2.05, 4.69) is 20.8 Å². The number of aliphatic hydroxyl groups is 1. The van der Waals surface area contributed by atoms with Gasteiger partial charge in [0.1, 0.15) is 0 Å². The highest BCUT2D eigenvalue weighted by Gasteiger charge is 2.12. The molecule has 0 aliphatic heterocycles. The summed E-state index contributed by atoms with van der Waals surface area (Å²) in [6, 6.07) is 20.7. The lowest BCUT2D eigenvalue weighted by Crippen LogP contribution is -2.26. The molecule has 6 nitrogen and oxygen atoms in total. The summed E-state index contributed by atoms with van der Waals surface area (Å²) in [5, 5.41) is 23.9. The van der Waals surface area contributed by atoms with Crippen molar-refractivity contribution in [2.75, 3.05) is 18.5 Å². The van der Waals surface area contributed by atoms with Gasteiger partial charge in [0.25, 0.3) is 5.91 Å². The number of halogens is 1. The Kier molecular flexibility index (Phi) is 5.46. The van der Waals surface area contributed by atoms with Crippen LogP contribution in [0.5, 0.6) is 0 Å². The molecule has 0 spiro atoms. The fraction of sp³-hybridized carbons (Fsp3) is 0.0909. The number of benzene rings is 3. The zero-order valence-corrected chi connectivity index (χ0v) is 16.2. The molecule has 0 radical (unpaired) electrons. The van der Waals surface area contributed by atoms with E-state index in [9.17, 15) is 4.79 Å². The molecule has 0 unspecified atom stereocenters. The molecule has 4 aromatic rings. The second-order valence-electron chi connectivity index (χ2n) is 6.50. The van der Waals surface area contributed by atoms with E-state index in [4.69, 9.17) is 16.7 Å². The SMILES string of the molecule is O=C(NCCO)c1cccc(-c2n[nH]c3cc(Nc4ccccc4Cl)ccc23)c1. The largest absolute Gasteiger partial charge is 0.395 e. The minimum Gasteiger partial charge on any atom is -0.395 e. The molecule has 29 heavy (non-hydrogen) atoms. The first-order valence-electron chi connectivity index (χ1n) is 9.15. The van der Waals surface area contributed by atoms with E-state index in [1.54, 1.807) is 12.1 Å². The number of hydrogen-bond donors (Lipinski definition) is 4. The quantitative estimate of drug-likeness (QED) is 0.383. The molecular weight excluding hydrogens is 388 g/mol. The van der Waals surface area contributed by atoms with Gasteiger partial charge in [-0.3, -0.25) is 9.89 Å². The van der Waals surface area contributed by atoms with Gasteiger partial charge in [0.2, 0.25) is 0 Å². The molecule has 4 N–H and O–H groups in total. The lowest BCUT2D eigenvalue weighted by molar-refractivity contribution is 0.0945. The third kappa shape index (κ3) is 4.08. The van der Waals surface area contributed by atoms with Gasteiger partial charge < -0.3 is 15.7 Å². The van der Waals surface area contributed by atoms with Crippen LogP contribution in [0.15, 0.2) is 66.7 Å². The first-order valence-corrected chi connectivity index (χ1v) is 9.52. The predicted octanol–water partition coefficient (Wildman–Crippen LogP) is 4.35. The molecule has 0 aliphatic carbocycles. The van der Waals surface area contributed by atoms with Crippen molar-refractivity contribution >= 4 is 39.8 Å². The van der Waals surface area contributed by atoms with Gasteiger partial charge in [-0.1, -0.05) is 35.9 Å². The number of rotatable bonds is 6. The molecule has 1 aromatic heterocycles. The van der Waals surface area contributed by atoms with Crippen LogP contribution in [0.1, 0.15) is 10.4 Å². The van der Waals surface area contributed by atoms with Gasteiger partial charge in [0.15, 0.2) is 0 Å².